The molecule has 2 aliphatic carbocycles. The van der Waals surface area contributed by atoms with Gasteiger partial charge in [0.2, 0.25) is 0 Å². The Kier molecular flexibility index (Phi) is 5.46. The van der Waals surface area contributed by atoms with E-state index in [1.807, 2.05) is 0 Å². The molecule has 0 amide bonds. The Labute approximate surface area is 284 Å². The standard InChI is InChI=1S/C45H31N3O/c1-2-14-28(15-3-1)43-44(47-38-22-10-9-21-37(38)46-43)48-39-23-11-5-17-30(39)32-26-36-31(27-40(32)48)29-16-4-6-18-33(29)45(36)34-19-7-12-24-41(34)49-42-25-13-8-20-35(42)45/h1-17,19-27,33,43,46H,18H2. The maximum atomic E-state index is 6.62. The number of benzene rings is 6. The first kappa shape index (κ1) is 26.9. The first-order chi connectivity index (χ1) is 24.3. The summed E-state index contributed by atoms with van der Waals surface area (Å²) >= 11 is 0. The third-order valence-corrected chi connectivity index (χ3v) is 11.1. The Bertz CT molecular complexity index is 2560. The number of hydrogen-bond donors (Lipinski definition) is 1. The van der Waals surface area contributed by atoms with Crippen LogP contribution in [-0.4, -0.2) is 10.4 Å². The number of allylic oxidation sites excluding steroid dienone is 4. The third kappa shape index (κ3) is 3.55. The van der Waals surface area contributed by atoms with Crippen LogP contribution in [-0.2, 0) is 5.41 Å². The van der Waals surface area contributed by atoms with E-state index in [1.54, 1.807) is 0 Å². The molecule has 6 aromatic carbocycles. The largest absolute Gasteiger partial charge is 0.457 e. The number of nitrogens with one attached hydrogen (secondary N) is 1. The van der Waals surface area contributed by atoms with Crippen LogP contribution in [0.2, 0.25) is 0 Å². The maximum Gasteiger partial charge on any atom is 0.141 e. The molecule has 1 spiro atoms. The van der Waals surface area contributed by atoms with Crippen molar-refractivity contribution in [3.8, 4) is 11.5 Å². The van der Waals surface area contributed by atoms with E-state index in [1.165, 1.54) is 49.7 Å². The normalized spacial score (nSPS) is 19.2. The number of aliphatic imine (C=N–C) groups is 1. The number of nitrogens with zero attached hydrogens (tertiary/aromatic N) is 2. The predicted molar refractivity (Wildman–Crippen MR) is 199 cm³/mol. The van der Waals surface area contributed by atoms with Gasteiger partial charge in [0.05, 0.1) is 27.8 Å². The van der Waals surface area contributed by atoms with Gasteiger partial charge in [0.25, 0.3) is 0 Å². The molecule has 1 N–H and O–H groups in total. The highest BCUT2D eigenvalue weighted by Gasteiger charge is 2.56. The fourth-order valence-corrected chi connectivity index (χ4v) is 9.18. The van der Waals surface area contributed by atoms with E-state index >= 15 is 0 Å². The molecule has 4 aliphatic rings. The van der Waals surface area contributed by atoms with E-state index in [-0.39, 0.29) is 17.4 Å². The van der Waals surface area contributed by atoms with Gasteiger partial charge >= 0.3 is 0 Å². The van der Waals surface area contributed by atoms with Crippen molar-refractivity contribution in [1.82, 2.24) is 4.57 Å². The Morgan fingerprint density at radius 1 is 0.673 bits per heavy atom. The molecule has 0 radical (unpaired) electrons. The van der Waals surface area contributed by atoms with E-state index in [0.29, 0.717) is 0 Å². The zero-order chi connectivity index (χ0) is 32.1. The van der Waals surface area contributed by atoms with Gasteiger partial charge in [0.1, 0.15) is 23.4 Å². The molecule has 3 heterocycles. The molecule has 2 aliphatic heterocycles. The predicted octanol–water partition coefficient (Wildman–Crippen LogP) is 11.0. The number of anilines is 1. The topological polar surface area (TPSA) is 38.5 Å². The minimum absolute atomic E-state index is 0.131. The quantitative estimate of drug-likeness (QED) is 0.196. The van der Waals surface area contributed by atoms with Crippen molar-refractivity contribution >= 4 is 44.6 Å². The molecule has 4 nitrogen and oxygen atoms in total. The molecule has 0 fully saturated rings. The highest BCUT2D eigenvalue weighted by atomic mass is 16.5. The van der Waals surface area contributed by atoms with Crippen molar-refractivity contribution in [2.24, 2.45) is 10.9 Å². The second-order valence-electron chi connectivity index (χ2n) is 13.5. The molecule has 7 aromatic rings. The van der Waals surface area contributed by atoms with E-state index in [9.17, 15) is 0 Å². The van der Waals surface area contributed by atoms with Crippen LogP contribution in [0, 0.1) is 5.92 Å². The smallest absolute Gasteiger partial charge is 0.141 e. The summed E-state index contributed by atoms with van der Waals surface area (Å²) in [5.74, 6) is 3.09. The summed E-state index contributed by atoms with van der Waals surface area (Å²) in [7, 11) is 0. The SMILES string of the molecule is C1=CCC2C(=C1)c1cc3c(cc1C21c2ccccc2Oc2ccccc21)c1ccccc1n3C1=Nc2ccccc2NC1c1ccccc1. The Morgan fingerprint density at radius 3 is 2.22 bits per heavy atom. The lowest BCUT2D eigenvalue weighted by atomic mass is 9.62. The molecule has 2 unspecified atom stereocenters. The second-order valence-corrected chi connectivity index (χ2v) is 13.5. The molecule has 232 valence electrons. The lowest BCUT2D eigenvalue weighted by molar-refractivity contribution is 0.383. The van der Waals surface area contributed by atoms with Crippen LogP contribution in [0.25, 0.3) is 27.4 Å². The molecular weight excluding hydrogens is 599 g/mol. The lowest BCUT2D eigenvalue weighted by Crippen LogP contribution is -2.37. The molecule has 0 saturated heterocycles. The fourth-order valence-electron chi connectivity index (χ4n) is 9.18. The van der Waals surface area contributed by atoms with E-state index in [0.717, 1.165) is 40.6 Å². The van der Waals surface area contributed by atoms with Gasteiger partial charge in [-0.15, -0.1) is 0 Å². The number of hydrogen-bond acceptors (Lipinski definition) is 3. The summed E-state index contributed by atoms with van der Waals surface area (Å²) in [4.78, 5) is 5.44. The molecule has 4 heteroatoms. The van der Waals surface area contributed by atoms with Crippen molar-refractivity contribution in [2.75, 3.05) is 5.32 Å². The third-order valence-electron chi connectivity index (χ3n) is 11.1. The first-order valence-corrected chi connectivity index (χ1v) is 17.1. The van der Waals surface area contributed by atoms with Gasteiger partial charge in [0.15, 0.2) is 0 Å². The highest BCUT2D eigenvalue weighted by molar-refractivity contribution is 6.17. The Hall–Kier alpha value is -6.13. The molecule has 1 aromatic heterocycles. The van der Waals surface area contributed by atoms with Crippen LogP contribution in [0.3, 0.4) is 0 Å². The number of aromatic nitrogens is 1. The average Bonchev–Trinajstić information content (AvgIpc) is 3.64. The molecule has 0 saturated carbocycles. The lowest BCUT2D eigenvalue weighted by Gasteiger charge is -2.43. The minimum Gasteiger partial charge on any atom is -0.457 e. The number of ether oxygens (including phenoxy) is 1. The summed E-state index contributed by atoms with van der Waals surface area (Å²) in [5.41, 5.74) is 11.6. The number of rotatable bonds is 1. The number of fused-ring (bicyclic) bond motifs is 13. The van der Waals surface area contributed by atoms with Gasteiger partial charge in [-0.1, -0.05) is 115 Å². The summed E-state index contributed by atoms with van der Waals surface area (Å²) < 4.78 is 9.03. The highest BCUT2D eigenvalue weighted by Crippen LogP contribution is 2.65. The van der Waals surface area contributed by atoms with Gasteiger partial charge in [-0.25, -0.2) is 4.99 Å². The molecular formula is C45H31N3O. The van der Waals surface area contributed by atoms with Crippen molar-refractivity contribution in [3.05, 3.63) is 186 Å². The molecule has 11 rings (SSSR count). The molecule has 0 bridgehead atoms. The first-order valence-electron chi connectivity index (χ1n) is 17.1. The van der Waals surface area contributed by atoms with E-state index < -0.39 is 0 Å². The van der Waals surface area contributed by atoms with Crippen LogP contribution in [0.1, 0.15) is 40.3 Å². The summed E-state index contributed by atoms with van der Waals surface area (Å²) in [6.07, 6.45) is 7.88. The van der Waals surface area contributed by atoms with Gasteiger partial charge in [0, 0.05) is 27.8 Å². The maximum absolute atomic E-state index is 6.62. The van der Waals surface area contributed by atoms with Crippen molar-refractivity contribution in [2.45, 2.75) is 17.9 Å². The minimum atomic E-state index is -0.385. The van der Waals surface area contributed by atoms with Crippen LogP contribution in [0.5, 0.6) is 11.5 Å². The van der Waals surface area contributed by atoms with Gasteiger partial charge in [-0.05, 0) is 71.1 Å². The summed E-state index contributed by atoms with van der Waals surface area (Å²) in [6, 6.07) is 50.0. The van der Waals surface area contributed by atoms with Crippen LogP contribution in [0.4, 0.5) is 11.4 Å². The zero-order valence-electron chi connectivity index (χ0n) is 26.7. The van der Waals surface area contributed by atoms with Crippen molar-refractivity contribution in [1.29, 1.82) is 0 Å². The van der Waals surface area contributed by atoms with Gasteiger partial charge in [-0.2, -0.15) is 0 Å². The Balaban J connectivity index is 1.26. The van der Waals surface area contributed by atoms with Crippen molar-refractivity contribution < 1.29 is 4.74 Å². The number of para-hydroxylation sites is 5. The molecule has 49 heavy (non-hydrogen) atoms. The summed E-state index contributed by atoms with van der Waals surface area (Å²) in [5, 5.41) is 6.32. The van der Waals surface area contributed by atoms with Crippen LogP contribution < -0.4 is 10.1 Å². The Morgan fingerprint density at radius 2 is 1.39 bits per heavy atom. The fraction of sp³-hybridized carbons (Fsp3) is 0.0889. The van der Waals surface area contributed by atoms with Crippen molar-refractivity contribution in [3.63, 3.8) is 0 Å². The summed E-state index contributed by atoms with van der Waals surface area (Å²) in [6.45, 7) is 0. The second kappa shape index (κ2) is 9.94. The molecule has 2 atom stereocenters. The average molecular weight is 630 g/mol. The van der Waals surface area contributed by atoms with Gasteiger partial charge < -0.3 is 10.1 Å². The monoisotopic (exact) mass is 629 g/mol. The van der Waals surface area contributed by atoms with Crippen LogP contribution >= 0.6 is 0 Å². The van der Waals surface area contributed by atoms with E-state index in [4.69, 9.17) is 9.73 Å². The van der Waals surface area contributed by atoms with Gasteiger partial charge in [-0.3, -0.25) is 4.57 Å². The van der Waals surface area contributed by atoms with Crippen LogP contribution in [0.15, 0.2) is 163 Å². The zero-order valence-corrected chi connectivity index (χ0v) is 26.7. The van der Waals surface area contributed by atoms with E-state index in [2.05, 4.69) is 168 Å².